The van der Waals surface area contributed by atoms with Gasteiger partial charge in [-0.05, 0) is 18.6 Å². The second kappa shape index (κ2) is 4.91. The van der Waals surface area contributed by atoms with Gasteiger partial charge in [-0.25, -0.2) is 4.79 Å². The molecule has 0 radical (unpaired) electrons. The van der Waals surface area contributed by atoms with E-state index in [4.69, 9.17) is 9.84 Å². The number of aliphatic carboxylic acids is 1. The quantitative estimate of drug-likeness (QED) is 0.810. The summed E-state index contributed by atoms with van der Waals surface area (Å²) in [5.41, 5.74) is 1.13. The van der Waals surface area contributed by atoms with Crippen LogP contribution in [-0.4, -0.2) is 30.8 Å². The lowest BCUT2D eigenvalue weighted by Crippen LogP contribution is -2.28. The minimum absolute atomic E-state index is 0.196. The molecule has 2 rings (SSSR count). The number of nitrogens with zero attached hydrogens (tertiary/aromatic N) is 1. The predicted molar refractivity (Wildman–Crippen MR) is 65.5 cm³/mol. The molecule has 1 aliphatic heterocycles. The Hall–Kier alpha value is -1.97. The van der Waals surface area contributed by atoms with Crippen molar-refractivity contribution in [3.8, 4) is 5.75 Å². The minimum Gasteiger partial charge on any atom is -0.491 e. The standard InChI is InChI=1S/C13H15NO3/c1-10(13(15)16)9-14-7-4-8-17-12-6-3-2-5-11(12)14/h2-3,5-6H,1,4,7-9H2,(H,15,16). The van der Waals surface area contributed by atoms with Crippen molar-refractivity contribution in [3.05, 3.63) is 36.4 Å². The first kappa shape index (κ1) is 11.5. The summed E-state index contributed by atoms with van der Waals surface area (Å²) in [4.78, 5) is 12.8. The zero-order valence-corrected chi connectivity index (χ0v) is 9.56. The highest BCUT2D eigenvalue weighted by atomic mass is 16.5. The Morgan fingerprint density at radius 2 is 2.24 bits per heavy atom. The summed E-state index contributed by atoms with van der Waals surface area (Å²) in [6, 6.07) is 7.67. The number of fused-ring (bicyclic) bond motifs is 1. The van der Waals surface area contributed by atoms with Crippen LogP contribution < -0.4 is 9.64 Å². The van der Waals surface area contributed by atoms with Crippen LogP contribution in [0.2, 0.25) is 0 Å². The number of para-hydroxylation sites is 2. The molecular weight excluding hydrogens is 218 g/mol. The molecule has 1 N–H and O–H groups in total. The van der Waals surface area contributed by atoms with Gasteiger partial charge in [0.05, 0.1) is 12.3 Å². The van der Waals surface area contributed by atoms with Gasteiger partial charge in [-0.1, -0.05) is 18.7 Å². The van der Waals surface area contributed by atoms with Crippen LogP contribution in [0.4, 0.5) is 5.69 Å². The van der Waals surface area contributed by atoms with Crippen molar-refractivity contribution in [3.63, 3.8) is 0 Å². The van der Waals surface area contributed by atoms with Gasteiger partial charge >= 0.3 is 5.97 Å². The average molecular weight is 233 g/mol. The summed E-state index contributed by atoms with van der Waals surface area (Å²) in [5.74, 6) is -0.143. The highest BCUT2D eigenvalue weighted by molar-refractivity contribution is 5.87. The molecule has 0 aromatic heterocycles. The van der Waals surface area contributed by atoms with Crippen molar-refractivity contribution in [1.82, 2.24) is 0 Å². The lowest BCUT2D eigenvalue weighted by molar-refractivity contribution is -0.132. The Morgan fingerprint density at radius 3 is 3.00 bits per heavy atom. The first-order valence-corrected chi connectivity index (χ1v) is 5.56. The van der Waals surface area contributed by atoms with Gasteiger partial charge in [0.15, 0.2) is 0 Å². The molecule has 17 heavy (non-hydrogen) atoms. The van der Waals surface area contributed by atoms with Crippen LogP contribution in [0.25, 0.3) is 0 Å². The van der Waals surface area contributed by atoms with E-state index >= 15 is 0 Å². The molecule has 0 atom stereocenters. The smallest absolute Gasteiger partial charge is 0.332 e. The number of carboxylic acids is 1. The van der Waals surface area contributed by atoms with Crippen LogP contribution in [0.5, 0.6) is 5.75 Å². The molecule has 4 nitrogen and oxygen atoms in total. The fourth-order valence-corrected chi connectivity index (χ4v) is 1.86. The molecule has 1 aromatic rings. The van der Waals surface area contributed by atoms with E-state index in [2.05, 4.69) is 6.58 Å². The zero-order valence-electron chi connectivity index (χ0n) is 9.56. The van der Waals surface area contributed by atoms with E-state index in [0.29, 0.717) is 13.2 Å². The summed E-state index contributed by atoms with van der Waals surface area (Å²) < 4.78 is 5.60. The molecule has 90 valence electrons. The molecule has 0 unspecified atom stereocenters. The maximum atomic E-state index is 10.8. The molecule has 0 aliphatic carbocycles. The normalized spacial score (nSPS) is 14.5. The number of carbonyl (C=O) groups is 1. The van der Waals surface area contributed by atoms with Gasteiger partial charge in [0.1, 0.15) is 5.75 Å². The van der Waals surface area contributed by atoms with Crippen molar-refractivity contribution in [2.75, 3.05) is 24.6 Å². The maximum absolute atomic E-state index is 10.8. The van der Waals surface area contributed by atoms with E-state index in [1.165, 1.54) is 0 Å². The van der Waals surface area contributed by atoms with E-state index < -0.39 is 5.97 Å². The lowest BCUT2D eigenvalue weighted by Gasteiger charge is -2.23. The zero-order chi connectivity index (χ0) is 12.3. The van der Waals surface area contributed by atoms with Gasteiger partial charge in [0.25, 0.3) is 0 Å². The number of hydrogen-bond donors (Lipinski definition) is 1. The molecule has 0 saturated heterocycles. The van der Waals surface area contributed by atoms with Crippen molar-refractivity contribution in [2.24, 2.45) is 0 Å². The highest BCUT2D eigenvalue weighted by Gasteiger charge is 2.18. The Balaban J connectivity index is 2.23. The number of anilines is 1. The molecule has 0 amide bonds. The molecular formula is C13H15NO3. The monoisotopic (exact) mass is 233 g/mol. The first-order chi connectivity index (χ1) is 8.18. The van der Waals surface area contributed by atoms with Crippen LogP contribution >= 0.6 is 0 Å². The number of hydrogen-bond acceptors (Lipinski definition) is 3. The summed E-state index contributed by atoms with van der Waals surface area (Å²) in [7, 11) is 0. The maximum Gasteiger partial charge on any atom is 0.332 e. The minimum atomic E-state index is -0.951. The van der Waals surface area contributed by atoms with E-state index in [9.17, 15) is 4.79 Å². The number of carboxylic acid groups (broad SMARTS) is 1. The highest BCUT2D eigenvalue weighted by Crippen LogP contribution is 2.30. The molecule has 1 heterocycles. The Kier molecular flexibility index (Phi) is 3.32. The van der Waals surface area contributed by atoms with Gasteiger partial charge in [0.2, 0.25) is 0 Å². The summed E-state index contributed by atoms with van der Waals surface area (Å²) in [6.07, 6.45) is 0.877. The predicted octanol–water partition coefficient (Wildman–Crippen LogP) is 1.92. The van der Waals surface area contributed by atoms with Crippen molar-refractivity contribution in [1.29, 1.82) is 0 Å². The fraction of sp³-hybridized carbons (Fsp3) is 0.308. The van der Waals surface area contributed by atoms with E-state index in [-0.39, 0.29) is 5.57 Å². The van der Waals surface area contributed by atoms with E-state index in [0.717, 1.165) is 24.4 Å². The largest absolute Gasteiger partial charge is 0.491 e. The van der Waals surface area contributed by atoms with E-state index in [1.54, 1.807) is 0 Å². The topological polar surface area (TPSA) is 49.8 Å². The van der Waals surface area contributed by atoms with Gasteiger partial charge in [0, 0.05) is 18.7 Å². The van der Waals surface area contributed by atoms with Crippen LogP contribution in [-0.2, 0) is 4.79 Å². The Bertz CT molecular complexity index is 442. The first-order valence-electron chi connectivity index (χ1n) is 5.56. The Labute approximate surface area is 100 Å². The second-order valence-electron chi connectivity index (χ2n) is 4.00. The van der Waals surface area contributed by atoms with Crippen molar-refractivity contribution < 1.29 is 14.6 Å². The summed E-state index contributed by atoms with van der Waals surface area (Å²) >= 11 is 0. The Morgan fingerprint density at radius 1 is 1.47 bits per heavy atom. The van der Waals surface area contributed by atoms with Crippen LogP contribution in [0, 0.1) is 0 Å². The molecule has 1 aliphatic rings. The third-order valence-electron chi connectivity index (χ3n) is 2.72. The second-order valence-corrected chi connectivity index (χ2v) is 4.00. The number of benzene rings is 1. The lowest BCUT2D eigenvalue weighted by atomic mass is 10.2. The van der Waals surface area contributed by atoms with Crippen LogP contribution in [0.3, 0.4) is 0 Å². The van der Waals surface area contributed by atoms with Crippen LogP contribution in [0.15, 0.2) is 36.4 Å². The third-order valence-corrected chi connectivity index (χ3v) is 2.72. The summed E-state index contributed by atoms with van der Waals surface area (Å²) in [5, 5.41) is 8.87. The average Bonchev–Trinajstić information content (AvgIpc) is 2.52. The number of ether oxygens (including phenoxy) is 1. The molecule has 0 bridgehead atoms. The van der Waals surface area contributed by atoms with Gasteiger partial charge in [-0.2, -0.15) is 0 Å². The molecule has 0 fully saturated rings. The van der Waals surface area contributed by atoms with Gasteiger partial charge < -0.3 is 14.7 Å². The third kappa shape index (κ3) is 2.58. The van der Waals surface area contributed by atoms with Crippen LogP contribution in [0.1, 0.15) is 6.42 Å². The summed E-state index contributed by atoms with van der Waals surface area (Å²) in [6.45, 7) is 5.34. The van der Waals surface area contributed by atoms with Gasteiger partial charge in [-0.15, -0.1) is 0 Å². The molecule has 0 saturated carbocycles. The van der Waals surface area contributed by atoms with Crippen molar-refractivity contribution >= 4 is 11.7 Å². The fourth-order valence-electron chi connectivity index (χ4n) is 1.86. The molecule has 1 aromatic carbocycles. The van der Waals surface area contributed by atoms with E-state index in [1.807, 2.05) is 29.2 Å². The number of rotatable bonds is 3. The van der Waals surface area contributed by atoms with Crippen molar-refractivity contribution in [2.45, 2.75) is 6.42 Å². The SMILES string of the molecule is C=C(CN1CCCOc2ccccc21)C(=O)O. The molecule has 4 heteroatoms. The van der Waals surface area contributed by atoms with Gasteiger partial charge in [-0.3, -0.25) is 0 Å². The molecule has 0 spiro atoms.